The van der Waals surface area contributed by atoms with Crippen LogP contribution in [-0.4, -0.2) is 29.3 Å². The van der Waals surface area contributed by atoms with Crippen LogP contribution in [0.5, 0.6) is 0 Å². The third kappa shape index (κ3) is 1.27. The minimum Gasteiger partial charge on any atom is -0.342 e. The standard InChI is InChI=1S/C4H8INO/c1-6(2)4-3(5)7-4/h3-4H,1-2H3. The van der Waals surface area contributed by atoms with Crippen molar-refractivity contribution in [3.8, 4) is 0 Å². The Balaban J connectivity index is 2.20. The molecule has 2 unspecified atom stereocenters. The topological polar surface area (TPSA) is 15.8 Å². The number of hydrogen-bond acceptors (Lipinski definition) is 2. The van der Waals surface area contributed by atoms with Gasteiger partial charge < -0.3 is 4.74 Å². The third-order valence-electron chi connectivity index (χ3n) is 0.926. The molecule has 0 saturated carbocycles. The summed E-state index contributed by atoms with van der Waals surface area (Å²) in [5.74, 6) is 0. The molecule has 1 heterocycles. The van der Waals surface area contributed by atoms with E-state index in [1.807, 2.05) is 14.1 Å². The molecule has 1 aliphatic rings. The zero-order valence-electron chi connectivity index (χ0n) is 4.39. The summed E-state index contributed by atoms with van der Waals surface area (Å²) in [5, 5.41) is 0. The normalized spacial score (nSPS) is 39.4. The van der Waals surface area contributed by atoms with Crippen molar-refractivity contribution in [3.05, 3.63) is 0 Å². The van der Waals surface area contributed by atoms with E-state index < -0.39 is 0 Å². The van der Waals surface area contributed by atoms with Crippen LogP contribution in [0.3, 0.4) is 0 Å². The van der Waals surface area contributed by atoms with Crippen LogP contribution in [0.25, 0.3) is 0 Å². The van der Waals surface area contributed by atoms with Gasteiger partial charge in [0.2, 0.25) is 0 Å². The lowest BCUT2D eigenvalue weighted by atomic mass is 10.7. The summed E-state index contributed by atoms with van der Waals surface area (Å²) in [6, 6.07) is 0. The number of alkyl halides is 1. The average molecular weight is 213 g/mol. The lowest BCUT2D eigenvalue weighted by Gasteiger charge is -2.00. The summed E-state index contributed by atoms with van der Waals surface area (Å²) in [4.78, 5) is 2.07. The number of epoxide rings is 1. The molecule has 0 bridgehead atoms. The van der Waals surface area contributed by atoms with Gasteiger partial charge in [0, 0.05) is 0 Å². The van der Waals surface area contributed by atoms with Gasteiger partial charge in [0.25, 0.3) is 0 Å². The summed E-state index contributed by atoms with van der Waals surface area (Å²) in [7, 11) is 4.03. The Hall–Kier alpha value is 0.650. The number of hydrogen-bond donors (Lipinski definition) is 0. The van der Waals surface area contributed by atoms with E-state index in [0.29, 0.717) is 10.3 Å². The van der Waals surface area contributed by atoms with E-state index in [1.54, 1.807) is 0 Å². The molecule has 0 radical (unpaired) electrons. The SMILES string of the molecule is CN(C)C1OC1I. The molecule has 1 rings (SSSR count). The Kier molecular flexibility index (Phi) is 1.55. The summed E-state index contributed by atoms with van der Waals surface area (Å²) in [5.41, 5.74) is 0. The van der Waals surface area contributed by atoms with Gasteiger partial charge in [-0.25, -0.2) is 0 Å². The van der Waals surface area contributed by atoms with Gasteiger partial charge in [-0.2, -0.15) is 0 Å². The van der Waals surface area contributed by atoms with E-state index in [1.165, 1.54) is 0 Å². The highest BCUT2D eigenvalue weighted by molar-refractivity contribution is 14.1. The number of rotatable bonds is 1. The predicted molar refractivity (Wildman–Crippen MR) is 36.4 cm³/mol. The van der Waals surface area contributed by atoms with Gasteiger partial charge in [-0.15, -0.1) is 0 Å². The Morgan fingerprint density at radius 1 is 1.57 bits per heavy atom. The van der Waals surface area contributed by atoms with Crippen molar-refractivity contribution in [1.82, 2.24) is 4.90 Å². The van der Waals surface area contributed by atoms with Crippen molar-refractivity contribution < 1.29 is 4.74 Å². The molecule has 0 amide bonds. The molecule has 3 heteroatoms. The van der Waals surface area contributed by atoms with Crippen LogP contribution in [0.15, 0.2) is 0 Å². The molecule has 2 nitrogen and oxygen atoms in total. The monoisotopic (exact) mass is 213 g/mol. The fraction of sp³-hybridized carbons (Fsp3) is 1.00. The predicted octanol–water partition coefficient (Wildman–Crippen LogP) is 0.665. The highest BCUT2D eigenvalue weighted by atomic mass is 127. The van der Waals surface area contributed by atoms with Gasteiger partial charge >= 0.3 is 0 Å². The lowest BCUT2D eigenvalue weighted by molar-refractivity contribution is 0.248. The van der Waals surface area contributed by atoms with Crippen LogP contribution in [-0.2, 0) is 4.74 Å². The maximum atomic E-state index is 5.09. The lowest BCUT2D eigenvalue weighted by Crippen LogP contribution is -2.15. The summed E-state index contributed by atoms with van der Waals surface area (Å²) >= 11 is 2.27. The molecule has 1 aliphatic heterocycles. The van der Waals surface area contributed by atoms with Crippen LogP contribution < -0.4 is 0 Å². The summed E-state index contributed by atoms with van der Waals surface area (Å²) < 4.78 is 5.53. The van der Waals surface area contributed by atoms with E-state index in [0.717, 1.165) is 0 Å². The van der Waals surface area contributed by atoms with Crippen molar-refractivity contribution >= 4 is 22.6 Å². The molecule has 0 aliphatic carbocycles. The van der Waals surface area contributed by atoms with Crippen LogP contribution in [0, 0.1) is 0 Å². The van der Waals surface area contributed by atoms with Crippen molar-refractivity contribution in [2.45, 2.75) is 10.3 Å². The van der Waals surface area contributed by atoms with Gasteiger partial charge in [0.05, 0.1) is 0 Å². The van der Waals surface area contributed by atoms with E-state index >= 15 is 0 Å². The molecular formula is C4H8INO. The fourth-order valence-electron chi connectivity index (χ4n) is 0.444. The second-order valence-corrected chi connectivity index (χ2v) is 3.07. The molecule has 42 valence electrons. The highest BCUT2D eigenvalue weighted by Gasteiger charge is 2.37. The zero-order chi connectivity index (χ0) is 5.44. The molecule has 1 saturated heterocycles. The molecule has 0 N–H and O–H groups in total. The second-order valence-electron chi connectivity index (χ2n) is 1.84. The summed E-state index contributed by atoms with van der Waals surface area (Å²) in [6.45, 7) is 0. The first-order valence-electron chi connectivity index (χ1n) is 2.18. The Morgan fingerprint density at radius 3 is 2.00 bits per heavy atom. The first kappa shape index (κ1) is 5.78. The van der Waals surface area contributed by atoms with Crippen molar-refractivity contribution in [2.24, 2.45) is 0 Å². The van der Waals surface area contributed by atoms with E-state index in [9.17, 15) is 0 Å². The molecule has 1 fully saturated rings. The smallest absolute Gasteiger partial charge is 0.150 e. The Morgan fingerprint density at radius 2 is 2.00 bits per heavy atom. The minimum absolute atomic E-state index is 0.389. The fourth-order valence-corrected chi connectivity index (χ4v) is 1.39. The van der Waals surface area contributed by atoms with Crippen LogP contribution in [0.1, 0.15) is 0 Å². The van der Waals surface area contributed by atoms with Gasteiger partial charge in [-0.05, 0) is 36.7 Å². The molecule has 0 aromatic rings. The number of halogens is 1. The molecular weight excluding hydrogens is 205 g/mol. The van der Waals surface area contributed by atoms with E-state index in [2.05, 4.69) is 27.5 Å². The van der Waals surface area contributed by atoms with Crippen molar-refractivity contribution in [1.29, 1.82) is 0 Å². The number of nitrogens with zero attached hydrogens (tertiary/aromatic N) is 1. The van der Waals surface area contributed by atoms with E-state index in [4.69, 9.17) is 4.74 Å². The van der Waals surface area contributed by atoms with Gasteiger partial charge in [0.1, 0.15) is 6.23 Å². The van der Waals surface area contributed by atoms with Gasteiger partial charge in [-0.3, -0.25) is 4.90 Å². The van der Waals surface area contributed by atoms with Crippen molar-refractivity contribution in [3.63, 3.8) is 0 Å². The molecule has 0 spiro atoms. The third-order valence-corrected chi connectivity index (χ3v) is 1.83. The highest BCUT2D eigenvalue weighted by Crippen LogP contribution is 2.29. The minimum atomic E-state index is 0.389. The molecule has 7 heavy (non-hydrogen) atoms. The van der Waals surface area contributed by atoms with Crippen LogP contribution >= 0.6 is 22.6 Å². The molecule has 2 atom stereocenters. The maximum absolute atomic E-state index is 5.09. The molecule has 0 aromatic carbocycles. The maximum Gasteiger partial charge on any atom is 0.150 e. The van der Waals surface area contributed by atoms with Gasteiger partial charge in [0.15, 0.2) is 4.11 Å². The summed E-state index contributed by atoms with van der Waals surface area (Å²) in [6.07, 6.45) is 0.389. The quantitative estimate of drug-likeness (QED) is 0.361. The largest absolute Gasteiger partial charge is 0.342 e. The average Bonchev–Trinajstić information content (AvgIpc) is 2.17. The van der Waals surface area contributed by atoms with Crippen molar-refractivity contribution in [2.75, 3.05) is 14.1 Å². The number of likely N-dealkylation sites (N-methyl/N-ethyl adjacent to an activating group) is 1. The second kappa shape index (κ2) is 1.87. The first-order valence-corrected chi connectivity index (χ1v) is 3.42. The van der Waals surface area contributed by atoms with E-state index in [-0.39, 0.29) is 0 Å². The Labute approximate surface area is 57.0 Å². The van der Waals surface area contributed by atoms with Gasteiger partial charge in [-0.1, -0.05) is 0 Å². The zero-order valence-corrected chi connectivity index (χ0v) is 6.55. The Bertz CT molecular complexity index is 76.1. The molecule has 0 aromatic heterocycles. The first-order chi connectivity index (χ1) is 3.22. The van der Waals surface area contributed by atoms with Crippen LogP contribution in [0.2, 0.25) is 0 Å². The number of ether oxygens (including phenoxy) is 1. The van der Waals surface area contributed by atoms with Crippen LogP contribution in [0.4, 0.5) is 0 Å².